The Bertz CT molecular complexity index is 1410. The standard InChI is InChI=1S/C24H21N7O/c1-16-14-21(31-24(27-16)29-23(30-31)18-8-5-12-25-15-18)26-13-11-22(32)28-20-10-4-7-17-6-2-3-9-19(17)20/h2-10,12,14-15,26H,11,13H2,1H3,(H,28,32). The summed E-state index contributed by atoms with van der Waals surface area (Å²) in [7, 11) is 0. The molecule has 5 aromatic rings. The number of carbonyl (C=O) groups excluding carboxylic acids is 1. The molecule has 0 fully saturated rings. The van der Waals surface area contributed by atoms with Crippen LogP contribution in [0, 0.1) is 6.92 Å². The molecule has 3 heterocycles. The molecule has 0 saturated heterocycles. The lowest BCUT2D eigenvalue weighted by Crippen LogP contribution is -2.17. The van der Waals surface area contributed by atoms with Crippen LogP contribution in [0.1, 0.15) is 12.1 Å². The largest absolute Gasteiger partial charge is 0.369 e. The smallest absolute Gasteiger partial charge is 0.254 e. The van der Waals surface area contributed by atoms with E-state index in [4.69, 9.17) is 0 Å². The number of anilines is 2. The molecule has 2 aromatic carbocycles. The molecule has 8 nitrogen and oxygen atoms in total. The summed E-state index contributed by atoms with van der Waals surface area (Å²) in [6, 6.07) is 19.5. The minimum atomic E-state index is -0.0643. The third-order valence-electron chi connectivity index (χ3n) is 5.08. The molecule has 0 aliphatic rings. The van der Waals surface area contributed by atoms with Crippen LogP contribution in [-0.4, -0.2) is 37.0 Å². The lowest BCUT2D eigenvalue weighted by molar-refractivity contribution is -0.115. The molecule has 0 radical (unpaired) electrons. The normalized spacial score (nSPS) is 11.0. The van der Waals surface area contributed by atoms with Crippen molar-refractivity contribution in [2.75, 3.05) is 17.2 Å². The highest BCUT2D eigenvalue weighted by Gasteiger charge is 2.12. The van der Waals surface area contributed by atoms with Crippen molar-refractivity contribution < 1.29 is 4.79 Å². The number of pyridine rings is 1. The summed E-state index contributed by atoms with van der Waals surface area (Å²) >= 11 is 0. The van der Waals surface area contributed by atoms with E-state index in [2.05, 4.69) is 30.7 Å². The topological polar surface area (TPSA) is 97.1 Å². The second-order valence-electron chi connectivity index (χ2n) is 7.42. The minimum Gasteiger partial charge on any atom is -0.369 e. The first-order valence-corrected chi connectivity index (χ1v) is 10.3. The van der Waals surface area contributed by atoms with Crippen LogP contribution in [-0.2, 0) is 4.79 Å². The summed E-state index contributed by atoms with van der Waals surface area (Å²) in [6.07, 6.45) is 3.72. The van der Waals surface area contributed by atoms with E-state index in [9.17, 15) is 4.79 Å². The van der Waals surface area contributed by atoms with Gasteiger partial charge in [0, 0.05) is 53.8 Å². The Morgan fingerprint density at radius 3 is 2.78 bits per heavy atom. The third-order valence-corrected chi connectivity index (χ3v) is 5.08. The van der Waals surface area contributed by atoms with Crippen LogP contribution in [0.2, 0.25) is 0 Å². The summed E-state index contributed by atoms with van der Waals surface area (Å²) < 4.78 is 1.65. The van der Waals surface area contributed by atoms with Gasteiger partial charge >= 0.3 is 0 Å². The molecule has 158 valence electrons. The van der Waals surface area contributed by atoms with Crippen molar-refractivity contribution >= 4 is 34.0 Å². The van der Waals surface area contributed by atoms with E-state index in [1.165, 1.54) is 0 Å². The van der Waals surface area contributed by atoms with Gasteiger partial charge in [0.2, 0.25) is 5.91 Å². The van der Waals surface area contributed by atoms with Crippen molar-refractivity contribution in [3.05, 3.63) is 78.8 Å². The van der Waals surface area contributed by atoms with E-state index in [0.29, 0.717) is 24.6 Å². The first-order chi connectivity index (χ1) is 15.7. The fourth-order valence-electron chi connectivity index (χ4n) is 3.58. The van der Waals surface area contributed by atoms with Crippen LogP contribution < -0.4 is 10.6 Å². The van der Waals surface area contributed by atoms with Crippen LogP contribution in [0.4, 0.5) is 11.5 Å². The highest BCUT2D eigenvalue weighted by atomic mass is 16.1. The molecule has 0 unspecified atom stereocenters. The van der Waals surface area contributed by atoms with Crippen LogP contribution in [0.25, 0.3) is 27.9 Å². The number of nitrogens with one attached hydrogen (secondary N) is 2. The van der Waals surface area contributed by atoms with E-state index in [1.54, 1.807) is 16.9 Å². The van der Waals surface area contributed by atoms with Gasteiger partial charge in [-0.2, -0.15) is 9.50 Å². The predicted molar refractivity (Wildman–Crippen MR) is 124 cm³/mol. The second-order valence-corrected chi connectivity index (χ2v) is 7.42. The Hall–Kier alpha value is -4.33. The Labute approximate surface area is 184 Å². The van der Waals surface area contributed by atoms with Gasteiger partial charge in [0.15, 0.2) is 5.82 Å². The van der Waals surface area contributed by atoms with E-state index < -0.39 is 0 Å². The van der Waals surface area contributed by atoms with E-state index in [0.717, 1.165) is 33.5 Å². The Morgan fingerprint density at radius 2 is 1.91 bits per heavy atom. The lowest BCUT2D eigenvalue weighted by atomic mass is 10.1. The fourth-order valence-corrected chi connectivity index (χ4v) is 3.58. The maximum Gasteiger partial charge on any atom is 0.254 e. The average molecular weight is 423 g/mol. The zero-order valence-electron chi connectivity index (χ0n) is 17.5. The van der Waals surface area contributed by atoms with Gasteiger partial charge in [0.05, 0.1) is 0 Å². The molecule has 2 N–H and O–H groups in total. The monoisotopic (exact) mass is 423 g/mol. The first-order valence-electron chi connectivity index (χ1n) is 10.3. The van der Waals surface area contributed by atoms with Gasteiger partial charge < -0.3 is 10.6 Å². The van der Waals surface area contributed by atoms with Gasteiger partial charge in [-0.15, -0.1) is 5.10 Å². The van der Waals surface area contributed by atoms with Crippen LogP contribution >= 0.6 is 0 Å². The molecule has 32 heavy (non-hydrogen) atoms. The number of rotatable bonds is 6. The van der Waals surface area contributed by atoms with Crippen molar-refractivity contribution in [3.63, 3.8) is 0 Å². The summed E-state index contributed by atoms with van der Waals surface area (Å²) in [4.78, 5) is 25.7. The van der Waals surface area contributed by atoms with Crippen LogP contribution in [0.5, 0.6) is 0 Å². The number of aromatic nitrogens is 5. The van der Waals surface area contributed by atoms with Crippen molar-refractivity contribution in [1.29, 1.82) is 0 Å². The molecule has 0 atom stereocenters. The van der Waals surface area contributed by atoms with E-state index in [1.807, 2.05) is 67.6 Å². The zero-order chi connectivity index (χ0) is 21.9. The van der Waals surface area contributed by atoms with Crippen molar-refractivity contribution in [2.45, 2.75) is 13.3 Å². The molecule has 8 heteroatoms. The molecule has 0 aliphatic carbocycles. The predicted octanol–water partition coefficient (Wildman–Crippen LogP) is 4.09. The Balaban J connectivity index is 1.30. The minimum absolute atomic E-state index is 0.0643. The van der Waals surface area contributed by atoms with Gasteiger partial charge in [-0.1, -0.05) is 36.4 Å². The number of hydrogen-bond acceptors (Lipinski definition) is 6. The number of carbonyl (C=O) groups is 1. The number of hydrogen-bond donors (Lipinski definition) is 2. The SMILES string of the molecule is Cc1cc(NCCC(=O)Nc2cccc3ccccc23)n2nc(-c3cccnc3)nc2n1. The maximum absolute atomic E-state index is 12.6. The summed E-state index contributed by atoms with van der Waals surface area (Å²) in [5.41, 5.74) is 2.44. The fraction of sp³-hybridized carbons (Fsp3) is 0.125. The molecule has 0 saturated carbocycles. The summed E-state index contributed by atoms with van der Waals surface area (Å²) in [6.45, 7) is 2.34. The molecule has 0 spiro atoms. The molecule has 3 aromatic heterocycles. The molecule has 0 bridgehead atoms. The number of amides is 1. The van der Waals surface area contributed by atoms with E-state index >= 15 is 0 Å². The molecular weight excluding hydrogens is 402 g/mol. The highest BCUT2D eigenvalue weighted by molar-refractivity contribution is 6.02. The molecule has 5 rings (SSSR count). The van der Waals surface area contributed by atoms with Gasteiger partial charge in [-0.3, -0.25) is 9.78 Å². The molecular formula is C24H21N7O. The highest BCUT2D eigenvalue weighted by Crippen LogP contribution is 2.23. The van der Waals surface area contributed by atoms with E-state index in [-0.39, 0.29) is 5.91 Å². The number of fused-ring (bicyclic) bond motifs is 2. The molecule has 1 amide bonds. The van der Waals surface area contributed by atoms with Gasteiger partial charge in [-0.05, 0) is 30.5 Å². The number of benzene rings is 2. The van der Waals surface area contributed by atoms with Crippen molar-refractivity contribution in [1.82, 2.24) is 24.6 Å². The summed E-state index contributed by atoms with van der Waals surface area (Å²) in [5, 5.41) is 13.0. The van der Waals surface area contributed by atoms with Crippen molar-refractivity contribution in [3.8, 4) is 11.4 Å². The second kappa shape index (κ2) is 8.43. The quantitative estimate of drug-likeness (QED) is 0.427. The van der Waals surface area contributed by atoms with Crippen molar-refractivity contribution in [2.24, 2.45) is 0 Å². The third kappa shape index (κ3) is 3.98. The summed E-state index contributed by atoms with van der Waals surface area (Å²) in [5.74, 6) is 1.71. The van der Waals surface area contributed by atoms with Gasteiger partial charge in [0.1, 0.15) is 5.82 Å². The first kappa shape index (κ1) is 19.6. The lowest BCUT2D eigenvalue weighted by Gasteiger charge is -2.10. The Morgan fingerprint density at radius 1 is 1.03 bits per heavy atom. The van der Waals surface area contributed by atoms with Gasteiger partial charge in [-0.25, -0.2) is 4.98 Å². The molecule has 0 aliphatic heterocycles. The number of nitrogens with zero attached hydrogens (tertiary/aromatic N) is 5. The zero-order valence-corrected chi connectivity index (χ0v) is 17.5. The Kier molecular flexibility index (Phi) is 5.17. The van der Waals surface area contributed by atoms with Gasteiger partial charge in [0.25, 0.3) is 5.78 Å². The average Bonchev–Trinajstić information content (AvgIpc) is 3.24. The maximum atomic E-state index is 12.6. The van der Waals surface area contributed by atoms with Crippen LogP contribution in [0.3, 0.4) is 0 Å². The number of aryl methyl sites for hydroxylation is 1. The van der Waals surface area contributed by atoms with Crippen LogP contribution in [0.15, 0.2) is 73.1 Å².